The van der Waals surface area contributed by atoms with Crippen molar-refractivity contribution in [3.05, 3.63) is 90.5 Å². The fourth-order valence-corrected chi connectivity index (χ4v) is 3.85. The zero-order valence-corrected chi connectivity index (χ0v) is 19.1. The summed E-state index contributed by atoms with van der Waals surface area (Å²) in [7, 11) is 0. The van der Waals surface area contributed by atoms with E-state index in [1.807, 2.05) is 6.07 Å². The van der Waals surface area contributed by atoms with Gasteiger partial charge in [0.05, 0.1) is 6.20 Å². The Morgan fingerprint density at radius 1 is 1.06 bits per heavy atom. The summed E-state index contributed by atoms with van der Waals surface area (Å²) in [5, 5.41) is 2.90. The number of benzene rings is 2. The molecule has 1 N–H and O–H groups in total. The minimum atomic E-state index is -0.501. The van der Waals surface area contributed by atoms with Gasteiger partial charge in [0.1, 0.15) is 5.75 Å². The first-order chi connectivity index (χ1) is 16.7. The fraction of sp³-hybridized carbons (Fsp3) is 0.259. The van der Waals surface area contributed by atoms with E-state index in [0.29, 0.717) is 17.9 Å². The fourth-order valence-electron chi connectivity index (χ4n) is 3.85. The summed E-state index contributed by atoms with van der Waals surface area (Å²) in [4.78, 5) is 20.9. The van der Waals surface area contributed by atoms with Crippen LogP contribution in [0.2, 0.25) is 0 Å². The van der Waals surface area contributed by atoms with Gasteiger partial charge in [-0.3, -0.25) is 14.7 Å². The Labute approximate surface area is 199 Å². The Bertz CT molecular complexity index is 1080. The Kier molecular flexibility index (Phi) is 8.24. The molecule has 1 fully saturated rings. The second-order valence-electron chi connectivity index (χ2n) is 8.12. The molecule has 2 aromatic carbocycles. The summed E-state index contributed by atoms with van der Waals surface area (Å²) in [5.41, 5.74) is 1.86. The molecule has 0 saturated carbocycles. The summed E-state index contributed by atoms with van der Waals surface area (Å²) in [6, 6.07) is 18.5. The van der Waals surface area contributed by atoms with Crippen molar-refractivity contribution in [2.24, 2.45) is 0 Å². The number of nitrogens with one attached hydrogen (secondary N) is 1. The molecule has 4 rings (SSSR count). The second kappa shape index (κ2) is 12.0. The van der Waals surface area contributed by atoms with Gasteiger partial charge in [0.2, 0.25) is 5.91 Å². The number of nitrogens with zero attached hydrogens (tertiary/aromatic N) is 3. The smallest absolute Gasteiger partial charge is 0.243 e. The predicted octanol–water partition coefficient (Wildman–Crippen LogP) is 4.35. The van der Waals surface area contributed by atoms with Gasteiger partial charge in [-0.1, -0.05) is 24.3 Å². The quantitative estimate of drug-likeness (QED) is 0.380. The van der Waals surface area contributed by atoms with Gasteiger partial charge in [0, 0.05) is 50.7 Å². The van der Waals surface area contributed by atoms with E-state index in [2.05, 4.69) is 44.4 Å². The number of carbonyl (C=O) groups is 1. The van der Waals surface area contributed by atoms with E-state index in [-0.39, 0.29) is 11.7 Å². The van der Waals surface area contributed by atoms with E-state index in [9.17, 15) is 9.18 Å². The number of rotatable bonds is 9. The Balaban J connectivity index is 1.15. The third-order valence-corrected chi connectivity index (χ3v) is 5.69. The van der Waals surface area contributed by atoms with Crippen LogP contribution in [-0.4, -0.2) is 55.1 Å². The van der Waals surface area contributed by atoms with Crippen molar-refractivity contribution in [3.63, 3.8) is 0 Å². The molecule has 1 saturated heterocycles. The first-order valence-corrected chi connectivity index (χ1v) is 11.5. The van der Waals surface area contributed by atoms with E-state index < -0.39 is 5.82 Å². The van der Waals surface area contributed by atoms with E-state index in [1.54, 1.807) is 30.5 Å². The van der Waals surface area contributed by atoms with Crippen LogP contribution in [0.5, 0.6) is 11.5 Å². The number of hydrogen-bond acceptors (Lipinski definition) is 5. The lowest BCUT2D eigenvalue weighted by Gasteiger charge is -2.36. The lowest BCUT2D eigenvalue weighted by atomic mass is 10.2. The summed E-state index contributed by atoms with van der Waals surface area (Å²) < 4.78 is 19.8. The Morgan fingerprint density at radius 2 is 1.88 bits per heavy atom. The van der Waals surface area contributed by atoms with Crippen LogP contribution in [0.15, 0.2) is 79.1 Å². The van der Waals surface area contributed by atoms with Crippen LogP contribution < -0.4 is 15.0 Å². The highest BCUT2D eigenvalue weighted by atomic mass is 19.1. The van der Waals surface area contributed by atoms with Gasteiger partial charge in [0.25, 0.3) is 0 Å². The largest absolute Gasteiger partial charge is 0.453 e. The van der Waals surface area contributed by atoms with Crippen molar-refractivity contribution in [2.75, 3.05) is 44.2 Å². The van der Waals surface area contributed by atoms with Crippen LogP contribution in [0, 0.1) is 5.82 Å². The SMILES string of the molecule is O=C(/C=C/c1ccc(Oc2cccnc2)c(F)c1)NCCCN1CCN(c2ccccc2)CC1. The van der Waals surface area contributed by atoms with E-state index in [4.69, 9.17) is 4.74 Å². The third-order valence-electron chi connectivity index (χ3n) is 5.69. The van der Waals surface area contributed by atoms with Crippen LogP contribution in [0.4, 0.5) is 10.1 Å². The number of hydrogen-bond donors (Lipinski definition) is 1. The van der Waals surface area contributed by atoms with Gasteiger partial charge in [-0.15, -0.1) is 0 Å². The second-order valence-corrected chi connectivity index (χ2v) is 8.12. The third kappa shape index (κ3) is 6.89. The highest BCUT2D eigenvalue weighted by Crippen LogP contribution is 2.24. The molecule has 1 aliphatic rings. The first kappa shape index (κ1) is 23.4. The summed E-state index contributed by atoms with van der Waals surface area (Å²) in [6.45, 7) is 5.64. The highest BCUT2D eigenvalue weighted by Gasteiger charge is 2.16. The molecule has 176 valence electrons. The number of aromatic nitrogens is 1. The molecule has 0 atom stereocenters. The van der Waals surface area contributed by atoms with Crippen molar-refractivity contribution >= 4 is 17.7 Å². The van der Waals surface area contributed by atoms with Crippen LogP contribution in [0.3, 0.4) is 0 Å². The topological polar surface area (TPSA) is 57.7 Å². The molecule has 3 aromatic rings. The predicted molar refractivity (Wildman–Crippen MR) is 132 cm³/mol. The molecule has 7 heteroatoms. The molecule has 0 unspecified atom stereocenters. The van der Waals surface area contributed by atoms with E-state index in [1.165, 1.54) is 30.1 Å². The van der Waals surface area contributed by atoms with Gasteiger partial charge >= 0.3 is 0 Å². The van der Waals surface area contributed by atoms with E-state index >= 15 is 0 Å². The number of halogens is 1. The molecule has 6 nitrogen and oxygen atoms in total. The van der Waals surface area contributed by atoms with Gasteiger partial charge in [-0.05, 0) is 61.0 Å². The summed E-state index contributed by atoms with van der Waals surface area (Å²) >= 11 is 0. The van der Waals surface area contributed by atoms with Gasteiger partial charge in [-0.2, -0.15) is 0 Å². The minimum Gasteiger partial charge on any atom is -0.453 e. The minimum absolute atomic E-state index is 0.110. The van der Waals surface area contributed by atoms with Crippen molar-refractivity contribution in [1.29, 1.82) is 0 Å². The molecule has 0 radical (unpaired) electrons. The molecule has 1 amide bonds. The lowest BCUT2D eigenvalue weighted by molar-refractivity contribution is -0.116. The maximum absolute atomic E-state index is 14.3. The number of para-hydroxylation sites is 1. The molecule has 0 spiro atoms. The number of amides is 1. The molecule has 34 heavy (non-hydrogen) atoms. The van der Waals surface area contributed by atoms with Gasteiger partial charge in [-0.25, -0.2) is 4.39 Å². The Hall–Kier alpha value is -3.71. The monoisotopic (exact) mass is 460 g/mol. The molecule has 1 aromatic heterocycles. The normalized spacial score (nSPS) is 14.3. The van der Waals surface area contributed by atoms with Crippen molar-refractivity contribution in [1.82, 2.24) is 15.2 Å². The summed E-state index contributed by atoms with van der Waals surface area (Å²) in [5.74, 6) is -0.120. The van der Waals surface area contributed by atoms with E-state index in [0.717, 1.165) is 39.1 Å². The molecular weight excluding hydrogens is 431 g/mol. The average Bonchev–Trinajstić information content (AvgIpc) is 2.88. The maximum Gasteiger partial charge on any atom is 0.243 e. The number of piperazine rings is 1. The van der Waals surface area contributed by atoms with Crippen molar-refractivity contribution in [2.45, 2.75) is 6.42 Å². The van der Waals surface area contributed by atoms with Crippen LogP contribution >= 0.6 is 0 Å². The Morgan fingerprint density at radius 3 is 2.62 bits per heavy atom. The molecule has 2 heterocycles. The van der Waals surface area contributed by atoms with Crippen LogP contribution in [0.25, 0.3) is 6.08 Å². The maximum atomic E-state index is 14.3. The number of ether oxygens (including phenoxy) is 1. The summed E-state index contributed by atoms with van der Waals surface area (Å²) in [6.07, 6.45) is 7.04. The van der Waals surface area contributed by atoms with Gasteiger partial charge < -0.3 is 15.0 Å². The molecule has 1 aliphatic heterocycles. The zero-order chi connectivity index (χ0) is 23.6. The molecule has 0 aliphatic carbocycles. The lowest BCUT2D eigenvalue weighted by Crippen LogP contribution is -2.47. The first-order valence-electron chi connectivity index (χ1n) is 11.5. The highest BCUT2D eigenvalue weighted by molar-refractivity contribution is 5.91. The van der Waals surface area contributed by atoms with Gasteiger partial charge in [0.15, 0.2) is 11.6 Å². The standard InChI is InChI=1S/C27H29FN4O2/c28-25-20-22(9-11-26(25)34-24-8-4-13-29-21-24)10-12-27(33)30-14-5-15-31-16-18-32(19-17-31)23-6-2-1-3-7-23/h1-4,6-13,20-21H,5,14-19H2,(H,30,33)/b12-10+. The number of pyridine rings is 1. The number of anilines is 1. The van der Waals surface area contributed by atoms with Crippen molar-refractivity contribution in [3.8, 4) is 11.5 Å². The molecule has 0 bridgehead atoms. The zero-order valence-electron chi connectivity index (χ0n) is 19.1. The molecular formula is C27H29FN4O2. The van der Waals surface area contributed by atoms with Crippen LogP contribution in [-0.2, 0) is 4.79 Å². The van der Waals surface area contributed by atoms with Crippen molar-refractivity contribution < 1.29 is 13.9 Å². The number of carbonyl (C=O) groups excluding carboxylic acids is 1. The van der Waals surface area contributed by atoms with Crippen LogP contribution in [0.1, 0.15) is 12.0 Å². The average molecular weight is 461 g/mol.